The summed E-state index contributed by atoms with van der Waals surface area (Å²) in [6, 6.07) is 3.40. The molecule has 0 unspecified atom stereocenters. The van der Waals surface area contributed by atoms with Crippen LogP contribution in [0.15, 0.2) is 32.0 Å². The van der Waals surface area contributed by atoms with Gasteiger partial charge in [-0.1, -0.05) is 13.8 Å². The van der Waals surface area contributed by atoms with Crippen molar-refractivity contribution in [1.29, 1.82) is 0 Å². The van der Waals surface area contributed by atoms with Gasteiger partial charge in [-0.25, -0.2) is 14.3 Å². The Labute approximate surface area is 107 Å². The van der Waals surface area contributed by atoms with Gasteiger partial charge in [-0.05, 0) is 12.1 Å². The normalized spacial score (nSPS) is 11.5. The molecule has 0 aliphatic rings. The van der Waals surface area contributed by atoms with Gasteiger partial charge >= 0.3 is 5.76 Å². The maximum atomic E-state index is 11.8. The van der Waals surface area contributed by atoms with E-state index in [2.05, 4.69) is 15.2 Å². The lowest BCUT2D eigenvalue weighted by molar-refractivity contribution is 0.414. The second kappa shape index (κ2) is 4.34. The molecule has 0 saturated carbocycles. The molecule has 0 aliphatic carbocycles. The van der Waals surface area contributed by atoms with Crippen LogP contribution in [0.2, 0.25) is 0 Å². The third-order valence-electron chi connectivity index (χ3n) is 2.69. The summed E-state index contributed by atoms with van der Waals surface area (Å²) in [5, 5.41) is 7.84. The Bertz CT molecular complexity index is 768. The average Bonchev–Trinajstić information content (AvgIpc) is 2.96. The van der Waals surface area contributed by atoms with Crippen LogP contribution in [0.1, 0.15) is 31.5 Å². The first kappa shape index (κ1) is 11.6. The van der Waals surface area contributed by atoms with Crippen LogP contribution in [0.4, 0.5) is 0 Å². The molecule has 0 N–H and O–H groups in total. The summed E-state index contributed by atoms with van der Waals surface area (Å²) < 4.78 is 11.9. The number of oxazole rings is 1. The van der Waals surface area contributed by atoms with Gasteiger partial charge in [0.2, 0.25) is 11.8 Å². The Balaban J connectivity index is 2.00. The van der Waals surface area contributed by atoms with Crippen molar-refractivity contribution < 1.29 is 8.83 Å². The molecule has 0 bridgehead atoms. The Morgan fingerprint density at radius 2 is 2.16 bits per heavy atom. The zero-order valence-electron chi connectivity index (χ0n) is 10.5. The molecule has 0 saturated heterocycles. The summed E-state index contributed by atoms with van der Waals surface area (Å²) in [4.78, 5) is 15.9. The van der Waals surface area contributed by atoms with Crippen LogP contribution in [-0.2, 0) is 6.54 Å². The van der Waals surface area contributed by atoms with Crippen LogP contribution in [0.3, 0.4) is 0 Å². The van der Waals surface area contributed by atoms with Crippen molar-refractivity contribution in [2.45, 2.75) is 26.3 Å². The number of fused-ring (bicyclic) bond motifs is 1. The van der Waals surface area contributed by atoms with E-state index < -0.39 is 5.76 Å². The van der Waals surface area contributed by atoms with Crippen LogP contribution >= 0.6 is 0 Å². The highest BCUT2D eigenvalue weighted by Gasteiger charge is 2.15. The molecule has 98 valence electrons. The lowest BCUT2D eigenvalue weighted by atomic mass is 10.2. The number of hydrogen-bond acceptors (Lipinski definition) is 6. The molecule has 0 fully saturated rings. The van der Waals surface area contributed by atoms with Gasteiger partial charge < -0.3 is 8.83 Å². The Hall–Kier alpha value is -2.44. The Morgan fingerprint density at radius 3 is 2.89 bits per heavy atom. The van der Waals surface area contributed by atoms with Gasteiger partial charge in [0, 0.05) is 12.1 Å². The number of pyridine rings is 1. The van der Waals surface area contributed by atoms with Crippen molar-refractivity contribution in [3.05, 3.63) is 40.7 Å². The summed E-state index contributed by atoms with van der Waals surface area (Å²) in [7, 11) is 0. The van der Waals surface area contributed by atoms with Crippen molar-refractivity contribution in [2.24, 2.45) is 0 Å². The predicted molar refractivity (Wildman–Crippen MR) is 65.8 cm³/mol. The minimum Gasteiger partial charge on any atom is -0.423 e. The van der Waals surface area contributed by atoms with Gasteiger partial charge in [0.1, 0.15) is 6.54 Å². The zero-order valence-corrected chi connectivity index (χ0v) is 10.5. The number of hydrogen-bond donors (Lipinski definition) is 0. The molecule has 19 heavy (non-hydrogen) atoms. The van der Waals surface area contributed by atoms with Crippen LogP contribution in [0.5, 0.6) is 0 Å². The van der Waals surface area contributed by atoms with Gasteiger partial charge in [0.05, 0.1) is 0 Å². The molecular weight excluding hydrogens is 248 g/mol. The van der Waals surface area contributed by atoms with Crippen molar-refractivity contribution in [2.75, 3.05) is 0 Å². The molecule has 3 aromatic heterocycles. The minimum absolute atomic E-state index is 0.150. The third kappa shape index (κ3) is 2.03. The highest BCUT2D eigenvalue weighted by molar-refractivity contribution is 5.67. The van der Waals surface area contributed by atoms with E-state index in [4.69, 9.17) is 8.83 Å². The van der Waals surface area contributed by atoms with Gasteiger partial charge in [-0.3, -0.25) is 0 Å². The van der Waals surface area contributed by atoms with Gasteiger partial charge in [0.15, 0.2) is 11.2 Å². The summed E-state index contributed by atoms with van der Waals surface area (Å²) in [5.41, 5.74) is 0.910. The number of nitrogens with zero attached hydrogens (tertiary/aromatic N) is 4. The first-order chi connectivity index (χ1) is 9.15. The summed E-state index contributed by atoms with van der Waals surface area (Å²) in [5.74, 6) is 0.568. The van der Waals surface area contributed by atoms with Crippen molar-refractivity contribution in [1.82, 2.24) is 19.7 Å². The summed E-state index contributed by atoms with van der Waals surface area (Å²) in [6.07, 6.45) is 1.60. The zero-order chi connectivity index (χ0) is 13.4. The largest absolute Gasteiger partial charge is 0.423 e. The Kier molecular flexibility index (Phi) is 2.66. The second-order valence-electron chi connectivity index (χ2n) is 4.47. The average molecular weight is 260 g/mol. The van der Waals surface area contributed by atoms with E-state index in [1.807, 2.05) is 13.8 Å². The molecule has 7 heteroatoms. The van der Waals surface area contributed by atoms with Crippen LogP contribution < -0.4 is 5.76 Å². The molecule has 0 radical (unpaired) electrons. The van der Waals surface area contributed by atoms with Gasteiger partial charge in [-0.15, -0.1) is 10.2 Å². The fourth-order valence-corrected chi connectivity index (χ4v) is 1.74. The minimum atomic E-state index is -0.488. The number of aromatic nitrogens is 4. The lowest BCUT2D eigenvalue weighted by Crippen LogP contribution is -2.15. The van der Waals surface area contributed by atoms with E-state index in [0.29, 0.717) is 23.0 Å². The second-order valence-corrected chi connectivity index (χ2v) is 4.47. The topological polar surface area (TPSA) is 87.0 Å². The quantitative estimate of drug-likeness (QED) is 0.710. The van der Waals surface area contributed by atoms with E-state index in [-0.39, 0.29) is 12.5 Å². The first-order valence-electron chi connectivity index (χ1n) is 5.92. The molecule has 3 aromatic rings. The van der Waals surface area contributed by atoms with Crippen LogP contribution in [0.25, 0.3) is 11.2 Å². The predicted octanol–water partition coefficient (Wildman–Crippen LogP) is 1.54. The van der Waals surface area contributed by atoms with Crippen molar-refractivity contribution in [3.63, 3.8) is 0 Å². The third-order valence-corrected chi connectivity index (χ3v) is 2.69. The maximum absolute atomic E-state index is 11.8. The van der Waals surface area contributed by atoms with Gasteiger partial charge in [-0.2, -0.15) is 0 Å². The van der Waals surface area contributed by atoms with E-state index in [0.717, 1.165) is 0 Å². The molecular formula is C12H12N4O3. The maximum Gasteiger partial charge on any atom is 0.421 e. The van der Waals surface area contributed by atoms with Crippen molar-refractivity contribution in [3.8, 4) is 0 Å². The summed E-state index contributed by atoms with van der Waals surface area (Å²) in [6.45, 7) is 4.07. The van der Waals surface area contributed by atoms with Crippen LogP contribution in [-0.4, -0.2) is 19.7 Å². The van der Waals surface area contributed by atoms with E-state index in [9.17, 15) is 4.79 Å². The molecule has 0 atom stereocenters. The monoisotopic (exact) mass is 260 g/mol. The molecule has 0 amide bonds. The highest BCUT2D eigenvalue weighted by atomic mass is 16.4. The fourth-order valence-electron chi connectivity index (χ4n) is 1.74. The smallest absolute Gasteiger partial charge is 0.421 e. The summed E-state index contributed by atoms with van der Waals surface area (Å²) >= 11 is 0. The number of rotatable bonds is 3. The van der Waals surface area contributed by atoms with E-state index in [1.54, 1.807) is 18.3 Å². The van der Waals surface area contributed by atoms with Gasteiger partial charge in [0.25, 0.3) is 0 Å². The standard InChI is InChI=1S/C12H12N4O3/c1-7(2)11-15-14-9(19-11)6-16-10-8(18-12(16)17)4-3-5-13-10/h3-5,7H,6H2,1-2H3. The molecule has 3 rings (SSSR count). The molecule has 7 nitrogen and oxygen atoms in total. The molecule has 0 aromatic carbocycles. The van der Waals surface area contributed by atoms with Crippen molar-refractivity contribution >= 4 is 11.2 Å². The Morgan fingerprint density at radius 1 is 1.32 bits per heavy atom. The molecule has 0 spiro atoms. The SMILES string of the molecule is CC(C)c1nnc(Cn2c(=O)oc3cccnc32)o1. The molecule has 3 heterocycles. The fraction of sp³-hybridized carbons (Fsp3) is 0.333. The first-order valence-corrected chi connectivity index (χ1v) is 5.92. The molecule has 0 aliphatic heterocycles. The van der Waals surface area contributed by atoms with Crippen LogP contribution in [0, 0.1) is 0 Å². The lowest BCUT2D eigenvalue weighted by Gasteiger charge is -1.97. The van der Waals surface area contributed by atoms with E-state index >= 15 is 0 Å². The highest BCUT2D eigenvalue weighted by Crippen LogP contribution is 2.14. The van der Waals surface area contributed by atoms with E-state index in [1.165, 1.54) is 4.57 Å².